The van der Waals surface area contributed by atoms with Gasteiger partial charge in [0.2, 0.25) is 0 Å². The standard InChI is InChI=1S/C11H11F3Si.ClH.Mg/c1-15(2)7-6-9-4-3-5-10(8-9)11(12,13)14;;/h3-8H,1H2,2H3;1H;/q-1;;+2/p-1. The van der Waals surface area contributed by atoms with Crippen molar-refractivity contribution in [2.24, 2.45) is 0 Å². The molecule has 17 heavy (non-hydrogen) atoms. The van der Waals surface area contributed by atoms with Crippen LogP contribution in [0.2, 0.25) is 6.55 Å². The quantitative estimate of drug-likeness (QED) is 0.545. The summed E-state index contributed by atoms with van der Waals surface area (Å²) in [6.07, 6.45) is -2.58. The first-order valence-electron chi connectivity index (χ1n) is 4.40. The molecule has 0 aliphatic heterocycles. The maximum Gasteiger partial charge on any atom is 2.00 e. The summed E-state index contributed by atoms with van der Waals surface area (Å²) in [7, 11) is -0.792. The molecule has 0 atom stereocenters. The summed E-state index contributed by atoms with van der Waals surface area (Å²) in [4.78, 5) is 0. The second-order valence-electron chi connectivity index (χ2n) is 3.30. The molecule has 0 unspecified atom stereocenters. The molecule has 0 amide bonds. The van der Waals surface area contributed by atoms with Crippen LogP contribution in [0.4, 0.5) is 13.2 Å². The minimum Gasteiger partial charge on any atom is -1.00 e. The third-order valence-corrected chi connectivity index (χ3v) is 2.51. The molecular weight excluding hydrogens is 277 g/mol. The van der Waals surface area contributed by atoms with E-state index in [-0.39, 0.29) is 35.5 Å². The Balaban J connectivity index is 0. The van der Waals surface area contributed by atoms with Crippen LogP contribution in [0.3, 0.4) is 0 Å². The molecule has 0 heterocycles. The second-order valence-corrected chi connectivity index (χ2v) is 5.33. The van der Waals surface area contributed by atoms with Gasteiger partial charge in [0.1, 0.15) is 0 Å². The average Bonchev–Trinajstić information content (AvgIpc) is 2.14. The molecule has 1 radical (unpaired) electrons. The molecule has 0 aromatic heterocycles. The van der Waals surface area contributed by atoms with E-state index < -0.39 is 20.5 Å². The fourth-order valence-corrected chi connectivity index (χ4v) is 1.53. The molecule has 0 spiro atoms. The molecule has 89 valence electrons. The molecule has 0 saturated carbocycles. The molecule has 0 aliphatic carbocycles. The fourth-order valence-electron chi connectivity index (χ4n) is 1.06. The van der Waals surface area contributed by atoms with Gasteiger partial charge in [0.25, 0.3) is 0 Å². The van der Waals surface area contributed by atoms with Gasteiger partial charge in [0.15, 0.2) is 0 Å². The van der Waals surface area contributed by atoms with E-state index >= 15 is 0 Å². The molecule has 0 N–H and O–H groups in total. The predicted molar refractivity (Wildman–Crippen MR) is 63.2 cm³/mol. The van der Waals surface area contributed by atoms with Crippen molar-refractivity contribution in [2.75, 3.05) is 0 Å². The van der Waals surface area contributed by atoms with Crippen LogP contribution in [-0.2, 0) is 6.18 Å². The van der Waals surface area contributed by atoms with Gasteiger partial charge in [-0.1, -0.05) is 33.6 Å². The van der Waals surface area contributed by atoms with Crippen LogP contribution in [-0.4, -0.2) is 31.8 Å². The van der Waals surface area contributed by atoms with E-state index in [1.807, 2.05) is 12.2 Å². The number of rotatable bonds is 2. The van der Waals surface area contributed by atoms with E-state index in [4.69, 9.17) is 0 Å². The minimum atomic E-state index is -4.27. The Labute approximate surface area is 123 Å². The van der Waals surface area contributed by atoms with Crippen LogP contribution in [0, 0.1) is 6.55 Å². The SMILES string of the molecule is [CH2-][Si](C)C=Cc1cccc(C(F)(F)F)c1.[Cl-].[Mg+2]. The maximum atomic E-state index is 12.3. The van der Waals surface area contributed by atoms with E-state index in [1.54, 1.807) is 12.1 Å². The van der Waals surface area contributed by atoms with Crippen LogP contribution >= 0.6 is 0 Å². The maximum absolute atomic E-state index is 12.3. The molecule has 1 rings (SSSR count). The summed E-state index contributed by atoms with van der Waals surface area (Å²) in [6.45, 7) is 5.78. The smallest absolute Gasteiger partial charge is 1.00 e. The third-order valence-electron chi connectivity index (χ3n) is 1.77. The molecule has 1 aromatic carbocycles. The number of halogens is 4. The Morgan fingerprint density at radius 3 is 2.35 bits per heavy atom. The van der Waals surface area contributed by atoms with Gasteiger partial charge in [-0.25, -0.2) is 0 Å². The van der Waals surface area contributed by atoms with Crippen molar-refractivity contribution in [3.05, 3.63) is 47.6 Å². The van der Waals surface area contributed by atoms with Gasteiger partial charge in [0.05, 0.1) is 5.56 Å². The predicted octanol–water partition coefficient (Wildman–Crippen LogP) is 0.379. The number of hydrogen-bond donors (Lipinski definition) is 0. The fraction of sp³-hybridized carbons (Fsp3) is 0.182. The zero-order valence-corrected chi connectivity index (χ0v) is 12.6. The van der Waals surface area contributed by atoms with Crippen molar-refractivity contribution in [2.45, 2.75) is 12.7 Å². The minimum absolute atomic E-state index is 0. The number of benzene rings is 1. The van der Waals surface area contributed by atoms with Crippen LogP contribution in [0.25, 0.3) is 6.08 Å². The molecule has 1 aromatic rings. The normalized spacial score (nSPS) is 11.2. The van der Waals surface area contributed by atoms with E-state index in [0.29, 0.717) is 5.56 Å². The zero-order chi connectivity index (χ0) is 11.5. The molecule has 0 saturated heterocycles. The summed E-state index contributed by atoms with van der Waals surface area (Å²) in [6, 6.07) is 5.27. The van der Waals surface area contributed by atoms with Crippen molar-refractivity contribution in [3.8, 4) is 0 Å². The first-order chi connectivity index (χ1) is 6.89. The summed E-state index contributed by atoms with van der Waals surface area (Å²) >= 11 is 0. The van der Waals surface area contributed by atoms with Crippen molar-refractivity contribution in [1.29, 1.82) is 0 Å². The summed E-state index contributed by atoms with van der Waals surface area (Å²) in [5, 5.41) is 0. The summed E-state index contributed by atoms with van der Waals surface area (Å²) in [5.41, 5.74) is 1.82. The van der Waals surface area contributed by atoms with E-state index in [0.717, 1.165) is 12.1 Å². The van der Waals surface area contributed by atoms with Crippen molar-refractivity contribution in [1.82, 2.24) is 0 Å². The van der Waals surface area contributed by atoms with Crippen LogP contribution in [0.5, 0.6) is 0 Å². The van der Waals surface area contributed by atoms with Crippen LogP contribution < -0.4 is 12.4 Å². The topological polar surface area (TPSA) is 0 Å². The Morgan fingerprint density at radius 1 is 1.29 bits per heavy atom. The van der Waals surface area contributed by atoms with Crippen molar-refractivity contribution in [3.63, 3.8) is 0 Å². The van der Waals surface area contributed by atoms with Crippen molar-refractivity contribution < 1.29 is 25.6 Å². The van der Waals surface area contributed by atoms with Crippen LogP contribution in [0.1, 0.15) is 11.1 Å². The van der Waals surface area contributed by atoms with Crippen LogP contribution in [0.15, 0.2) is 30.0 Å². The molecule has 0 bridgehead atoms. The van der Waals surface area contributed by atoms with Gasteiger partial charge in [-0.3, -0.25) is 0 Å². The first-order valence-corrected chi connectivity index (χ1v) is 6.69. The van der Waals surface area contributed by atoms with Gasteiger partial charge in [-0.05, 0) is 17.7 Å². The second kappa shape index (κ2) is 8.18. The van der Waals surface area contributed by atoms with E-state index in [2.05, 4.69) is 6.55 Å². The first kappa shape index (κ1) is 19.4. The summed E-state index contributed by atoms with van der Waals surface area (Å²) < 4.78 is 37.0. The molecule has 0 nitrogen and oxygen atoms in total. The van der Waals surface area contributed by atoms with Gasteiger partial charge < -0.3 is 19.0 Å². The molecule has 0 aliphatic rings. The molecule has 0 fully saturated rings. The average molecular weight is 288 g/mol. The Hall–Kier alpha value is 0.0231. The van der Waals surface area contributed by atoms with Gasteiger partial charge in [-0.2, -0.15) is 13.2 Å². The number of alkyl halides is 3. The zero-order valence-electron chi connectivity index (χ0n) is 9.39. The number of hydrogen-bond acceptors (Lipinski definition) is 0. The Bertz CT molecular complexity index is 364. The van der Waals surface area contributed by atoms with E-state index in [1.165, 1.54) is 6.07 Å². The largest absolute Gasteiger partial charge is 2.00 e. The Morgan fingerprint density at radius 2 is 1.88 bits per heavy atom. The Kier molecular flexibility index (Phi) is 9.32. The van der Waals surface area contributed by atoms with Gasteiger partial charge >= 0.3 is 29.2 Å². The monoisotopic (exact) mass is 287 g/mol. The van der Waals surface area contributed by atoms with Crippen molar-refractivity contribution >= 4 is 37.9 Å². The molecular formula is C11H11ClF3MgSi. The van der Waals surface area contributed by atoms with Gasteiger partial charge in [0, 0.05) is 0 Å². The summed E-state index contributed by atoms with van der Waals surface area (Å²) in [5.74, 6) is 0. The van der Waals surface area contributed by atoms with E-state index in [9.17, 15) is 13.2 Å². The van der Waals surface area contributed by atoms with Gasteiger partial charge in [-0.15, -0.1) is 5.70 Å². The molecule has 6 heteroatoms. The third kappa shape index (κ3) is 7.13.